The summed E-state index contributed by atoms with van der Waals surface area (Å²) in [6.07, 6.45) is -0.452. The highest BCUT2D eigenvalue weighted by atomic mass is 35.5. The van der Waals surface area contributed by atoms with Crippen molar-refractivity contribution in [2.24, 2.45) is 0 Å². The predicted molar refractivity (Wildman–Crippen MR) is 101 cm³/mol. The molecular weight excluding hydrogens is 390 g/mol. The lowest BCUT2D eigenvalue weighted by Crippen LogP contribution is -2.40. The van der Waals surface area contributed by atoms with E-state index in [0.29, 0.717) is 31.3 Å². The highest BCUT2D eigenvalue weighted by Gasteiger charge is 2.26. The number of benzene rings is 2. The van der Waals surface area contributed by atoms with Crippen LogP contribution in [0.3, 0.4) is 0 Å². The molecule has 1 aliphatic heterocycles. The fraction of sp³-hybridized carbons (Fsp3) is 0.316. The number of carbonyl (C=O) groups excluding carboxylic acids is 1. The van der Waals surface area contributed by atoms with E-state index in [9.17, 15) is 13.2 Å². The summed E-state index contributed by atoms with van der Waals surface area (Å²) in [5, 5.41) is 0.606. The van der Waals surface area contributed by atoms with Gasteiger partial charge in [0.05, 0.1) is 23.7 Å². The quantitative estimate of drug-likeness (QED) is 0.708. The number of hydrogen-bond acceptors (Lipinski definition) is 5. The lowest BCUT2D eigenvalue weighted by molar-refractivity contribution is 0.0338. The summed E-state index contributed by atoms with van der Waals surface area (Å²) in [6, 6.07) is 12.8. The van der Waals surface area contributed by atoms with Crippen LogP contribution in [0.5, 0.6) is 0 Å². The second-order valence-electron chi connectivity index (χ2n) is 6.14. The van der Waals surface area contributed by atoms with Gasteiger partial charge in [-0.05, 0) is 48.9 Å². The van der Waals surface area contributed by atoms with Crippen LogP contribution < -0.4 is 0 Å². The minimum Gasteiger partial charge on any atom is -0.454 e. The molecule has 0 saturated carbocycles. The number of sulfonamides is 1. The van der Waals surface area contributed by atoms with E-state index < -0.39 is 22.1 Å². The van der Waals surface area contributed by atoms with E-state index in [1.807, 2.05) is 0 Å². The average Bonchev–Trinajstić information content (AvgIpc) is 2.69. The maximum absolute atomic E-state index is 12.6. The standard InChI is InChI=1S/C19H20ClNO5S/c1-14(15-2-6-17(20)7-3-15)26-19(22)16-4-8-18(9-5-16)27(23,24)21-10-12-25-13-11-21/h2-9,14H,10-13H2,1H3/t14-/m0/s1. The normalized spacial score (nSPS) is 16.7. The molecule has 1 fully saturated rings. The van der Waals surface area contributed by atoms with Gasteiger partial charge in [-0.2, -0.15) is 4.31 Å². The largest absolute Gasteiger partial charge is 0.454 e. The molecule has 0 N–H and O–H groups in total. The molecule has 27 heavy (non-hydrogen) atoms. The SMILES string of the molecule is C[C@H](OC(=O)c1ccc(S(=O)(=O)N2CCOCC2)cc1)c1ccc(Cl)cc1. The molecule has 0 amide bonds. The van der Waals surface area contributed by atoms with Crippen LogP contribution in [0, 0.1) is 0 Å². The number of morpholine rings is 1. The molecule has 6 nitrogen and oxygen atoms in total. The number of esters is 1. The van der Waals surface area contributed by atoms with Gasteiger partial charge >= 0.3 is 5.97 Å². The highest BCUT2D eigenvalue weighted by Crippen LogP contribution is 2.22. The Bertz CT molecular complexity index is 891. The van der Waals surface area contributed by atoms with Crippen molar-refractivity contribution in [3.63, 3.8) is 0 Å². The minimum absolute atomic E-state index is 0.145. The lowest BCUT2D eigenvalue weighted by atomic mass is 10.1. The highest BCUT2D eigenvalue weighted by molar-refractivity contribution is 7.89. The zero-order chi connectivity index (χ0) is 19.4. The molecule has 1 aliphatic rings. The maximum atomic E-state index is 12.6. The third kappa shape index (κ3) is 4.68. The number of nitrogens with zero attached hydrogens (tertiary/aromatic N) is 1. The van der Waals surface area contributed by atoms with Crippen LogP contribution in [-0.4, -0.2) is 45.0 Å². The van der Waals surface area contributed by atoms with Crippen molar-refractivity contribution >= 4 is 27.6 Å². The Kier molecular flexibility index (Phi) is 6.16. The fourth-order valence-corrected chi connectivity index (χ4v) is 4.26. The number of carbonyl (C=O) groups is 1. The van der Waals surface area contributed by atoms with E-state index in [1.165, 1.54) is 28.6 Å². The van der Waals surface area contributed by atoms with Crippen LogP contribution in [0.1, 0.15) is 28.9 Å². The van der Waals surface area contributed by atoms with Gasteiger partial charge in [-0.25, -0.2) is 13.2 Å². The van der Waals surface area contributed by atoms with Crippen LogP contribution >= 0.6 is 11.6 Å². The van der Waals surface area contributed by atoms with Crippen molar-refractivity contribution in [3.8, 4) is 0 Å². The molecular formula is C19H20ClNO5S. The van der Waals surface area contributed by atoms with Crippen molar-refractivity contribution in [2.75, 3.05) is 26.3 Å². The van der Waals surface area contributed by atoms with E-state index in [4.69, 9.17) is 21.1 Å². The van der Waals surface area contributed by atoms with Gasteiger partial charge in [-0.15, -0.1) is 0 Å². The Labute approximate surface area is 163 Å². The van der Waals surface area contributed by atoms with Crippen molar-refractivity contribution < 1.29 is 22.7 Å². The van der Waals surface area contributed by atoms with Crippen LogP contribution in [0.25, 0.3) is 0 Å². The smallest absolute Gasteiger partial charge is 0.338 e. The molecule has 3 rings (SSSR count). The number of halogens is 1. The number of hydrogen-bond donors (Lipinski definition) is 0. The number of ether oxygens (including phenoxy) is 2. The topological polar surface area (TPSA) is 72.9 Å². The Balaban J connectivity index is 1.69. The molecule has 0 aliphatic carbocycles. The lowest BCUT2D eigenvalue weighted by Gasteiger charge is -2.26. The van der Waals surface area contributed by atoms with Crippen LogP contribution in [0.4, 0.5) is 0 Å². The molecule has 1 saturated heterocycles. The molecule has 0 unspecified atom stereocenters. The second-order valence-corrected chi connectivity index (χ2v) is 8.51. The van der Waals surface area contributed by atoms with E-state index in [-0.39, 0.29) is 10.5 Å². The predicted octanol–water partition coefficient (Wildman–Crippen LogP) is 3.28. The third-order valence-electron chi connectivity index (χ3n) is 4.32. The van der Waals surface area contributed by atoms with E-state index in [1.54, 1.807) is 31.2 Å². The van der Waals surface area contributed by atoms with Crippen molar-refractivity contribution in [3.05, 3.63) is 64.7 Å². The molecule has 0 bridgehead atoms. The molecule has 2 aromatic rings. The third-order valence-corrected chi connectivity index (χ3v) is 6.49. The van der Waals surface area contributed by atoms with Gasteiger partial charge in [0.15, 0.2) is 0 Å². The summed E-state index contributed by atoms with van der Waals surface area (Å²) in [5.74, 6) is -0.521. The first-order valence-corrected chi connectivity index (χ1v) is 10.3. The van der Waals surface area contributed by atoms with Gasteiger partial charge in [0.25, 0.3) is 0 Å². The molecule has 144 valence electrons. The first-order valence-electron chi connectivity index (χ1n) is 8.52. The summed E-state index contributed by atoms with van der Waals surface area (Å²) in [5.41, 5.74) is 1.11. The number of rotatable bonds is 5. The Morgan fingerprint density at radius 3 is 2.26 bits per heavy atom. The van der Waals surface area contributed by atoms with Crippen molar-refractivity contribution in [1.82, 2.24) is 4.31 Å². The Morgan fingerprint density at radius 1 is 1.07 bits per heavy atom. The van der Waals surface area contributed by atoms with Gasteiger partial charge in [-0.3, -0.25) is 0 Å². The minimum atomic E-state index is -3.59. The van der Waals surface area contributed by atoms with Crippen molar-refractivity contribution in [1.29, 1.82) is 0 Å². The first-order chi connectivity index (χ1) is 12.9. The zero-order valence-electron chi connectivity index (χ0n) is 14.8. The zero-order valence-corrected chi connectivity index (χ0v) is 16.4. The van der Waals surface area contributed by atoms with Gasteiger partial charge in [0.2, 0.25) is 10.0 Å². The maximum Gasteiger partial charge on any atom is 0.338 e. The van der Waals surface area contributed by atoms with Gasteiger partial charge in [-0.1, -0.05) is 23.7 Å². The Morgan fingerprint density at radius 2 is 1.67 bits per heavy atom. The summed E-state index contributed by atoms with van der Waals surface area (Å²) in [4.78, 5) is 12.5. The fourth-order valence-electron chi connectivity index (χ4n) is 2.73. The Hall–Kier alpha value is -1.93. The molecule has 8 heteroatoms. The van der Waals surface area contributed by atoms with Crippen LogP contribution in [0.2, 0.25) is 5.02 Å². The molecule has 0 aromatic heterocycles. The molecule has 1 heterocycles. The summed E-state index contributed by atoms with van der Waals surface area (Å²) < 4.78 is 37.2. The summed E-state index contributed by atoms with van der Waals surface area (Å²) >= 11 is 5.86. The summed E-state index contributed by atoms with van der Waals surface area (Å²) in [6.45, 7) is 3.17. The molecule has 0 radical (unpaired) electrons. The monoisotopic (exact) mass is 409 g/mol. The van der Waals surface area contributed by atoms with Crippen molar-refractivity contribution in [2.45, 2.75) is 17.9 Å². The molecule has 2 aromatic carbocycles. The molecule has 0 spiro atoms. The van der Waals surface area contributed by atoms with Gasteiger partial charge in [0, 0.05) is 18.1 Å². The van der Waals surface area contributed by atoms with Crippen LogP contribution in [-0.2, 0) is 19.5 Å². The second kappa shape index (κ2) is 8.39. The van der Waals surface area contributed by atoms with E-state index >= 15 is 0 Å². The van der Waals surface area contributed by atoms with Gasteiger partial charge < -0.3 is 9.47 Å². The first kappa shape index (κ1) is 19.8. The van der Waals surface area contributed by atoms with E-state index in [2.05, 4.69) is 0 Å². The average molecular weight is 410 g/mol. The van der Waals surface area contributed by atoms with E-state index in [0.717, 1.165) is 5.56 Å². The van der Waals surface area contributed by atoms with Crippen LogP contribution in [0.15, 0.2) is 53.4 Å². The van der Waals surface area contributed by atoms with Gasteiger partial charge in [0.1, 0.15) is 6.10 Å². The summed E-state index contributed by atoms with van der Waals surface area (Å²) in [7, 11) is -3.59. The molecule has 1 atom stereocenters.